The molecule has 0 atom stereocenters. The molecular weight excluding hydrogens is 407 g/mol. The lowest BCUT2D eigenvalue weighted by atomic mass is 9.99. The highest BCUT2D eigenvalue weighted by atomic mass is 35.5. The number of benzene rings is 2. The first kappa shape index (κ1) is 23.5. The van der Waals surface area contributed by atoms with E-state index in [-0.39, 0.29) is 30.7 Å². The Labute approximate surface area is 185 Å². The van der Waals surface area contributed by atoms with E-state index >= 15 is 0 Å². The maximum Gasteiger partial charge on any atom is 0.258 e. The van der Waals surface area contributed by atoms with Gasteiger partial charge in [-0.05, 0) is 55.3 Å². The standard InChI is InChI=1S/C22H28N4O.2ClH/c1-24-12-14-25(15-13-24)16-17-7-9-18(10-8-17)22(27)26-11-3-4-19-20(23)5-2-6-21(19)26;;/h2,5-10H,3-4,11-16,23H2,1H3;2*1H. The molecule has 2 aliphatic rings. The number of carbonyl (C=O) groups is 1. The molecule has 2 aliphatic heterocycles. The van der Waals surface area contributed by atoms with Crippen LogP contribution in [0.3, 0.4) is 0 Å². The minimum atomic E-state index is 0. The third kappa shape index (κ3) is 5.23. The highest BCUT2D eigenvalue weighted by Gasteiger charge is 2.24. The van der Waals surface area contributed by atoms with Gasteiger partial charge >= 0.3 is 0 Å². The number of hydrogen-bond acceptors (Lipinski definition) is 4. The minimum absolute atomic E-state index is 0. The van der Waals surface area contributed by atoms with Crippen LogP contribution >= 0.6 is 24.8 Å². The fourth-order valence-corrected chi connectivity index (χ4v) is 4.04. The van der Waals surface area contributed by atoms with E-state index in [9.17, 15) is 4.79 Å². The number of rotatable bonds is 3. The van der Waals surface area contributed by atoms with Crippen LogP contribution < -0.4 is 10.6 Å². The molecule has 0 bridgehead atoms. The molecule has 0 radical (unpaired) electrons. The second-order valence-electron chi connectivity index (χ2n) is 7.68. The second kappa shape index (κ2) is 10.3. The summed E-state index contributed by atoms with van der Waals surface area (Å²) in [5.41, 5.74) is 11.0. The van der Waals surface area contributed by atoms with Crippen LogP contribution in [-0.2, 0) is 13.0 Å². The molecule has 7 heteroatoms. The molecule has 1 amide bonds. The van der Waals surface area contributed by atoms with Crippen LogP contribution in [0, 0.1) is 0 Å². The molecule has 4 rings (SSSR count). The number of anilines is 2. The largest absolute Gasteiger partial charge is 0.398 e. The number of amides is 1. The van der Waals surface area contributed by atoms with E-state index in [0.29, 0.717) is 0 Å². The highest BCUT2D eigenvalue weighted by Crippen LogP contribution is 2.32. The van der Waals surface area contributed by atoms with Crippen molar-refractivity contribution < 1.29 is 4.79 Å². The van der Waals surface area contributed by atoms with Crippen LogP contribution in [0.15, 0.2) is 42.5 Å². The van der Waals surface area contributed by atoms with Crippen LogP contribution in [-0.4, -0.2) is 55.5 Å². The van der Waals surface area contributed by atoms with Gasteiger partial charge < -0.3 is 15.5 Å². The predicted octanol–water partition coefficient (Wildman–Crippen LogP) is 3.45. The molecular formula is C22H30Cl2N4O. The van der Waals surface area contributed by atoms with E-state index in [1.807, 2.05) is 35.2 Å². The number of nitrogens with two attached hydrogens (primary N) is 1. The van der Waals surface area contributed by atoms with Gasteiger partial charge in [0.25, 0.3) is 5.91 Å². The van der Waals surface area contributed by atoms with Gasteiger partial charge in [0.05, 0.1) is 0 Å². The van der Waals surface area contributed by atoms with E-state index in [2.05, 4.69) is 29.0 Å². The molecule has 2 N–H and O–H groups in total. The fraction of sp³-hybridized carbons (Fsp3) is 0.409. The summed E-state index contributed by atoms with van der Waals surface area (Å²) < 4.78 is 0. The lowest BCUT2D eigenvalue weighted by Crippen LogP contribution is -2.43. The first-order valence-electron chi connectivity index (χ1n) is 9.81. The van der Waals surface area contributed by atoms with Gasteiger partial charge in [-0.15, -0.1) is 24.8 Å². The van der Waals surface area contributed by atoms with Crippen molar-refractivity contribution in [3.8, 4) is 0 Å². The predicted molar refractivity (Wildman–Crippen MR) is 125 cm³/mol. The van der Waals surface area contributed by atoms with Crippen molar-refractivity contribution >= 4 is 42.1 Å². The van der Waals surface area contributed by atoms with Crippen LogP contribution in [0.5, 0.6) is 0 Å². The van der Waals surface area contributed by atoms with Gasteiger partial charge in [-0.25, -0.2) is 0 Å². The minimum Gasteiger partial charge on any atom is -0.398 e. The quantitative estimate of drug-likeness (QED) is 0.748. The van der Waals surface area contributed by atoms with E-state index in [1.54, 1.807) is 0 Å². The monoisotopic (exact) mass is 436 g/mol. The third-order valence-corrected chi connectivity index (χ3v) is 5.73. The Morgan fingerprint density at radius 3 is 2.34 bits per heavy atom. The number of nitrogen functional groups attached to an aromatic ring is 1. The van der Waals surface area contributed by atoms with E-state index < -0.39 is 0 Å². The van der Waals surface area contributed by atoms with Crippen molar-refractivity contribution in [3.05, 3.63) is 59.2 Å². The zero-order valence-electron chi connectivity index (χ0n) is 16.8. The molecule has 0 spiro atoms. The molecule has 0 aromatic heterocycles. The molecule has 1 fully saturated rings. The van der Waals surface area contributed by atoms with Crippen molar-refractivity contribution in [3.63, 3.8) is 0 Å². The summed E-state index contributed by atoms with van der Waals surface area (Å²) in [5.74, 6) is 0.0627. The first-order valence-corrected chi connectivity index (χ1v) is 9.81. The van der Waals surface area contributed by atoms with Gasteiger partial charge in [-0.3, -0.25) is 9.69 Å². The third-order valence-electron chi connectivity index (χ3n) is 5.73. The first-order chi connectivity index (χ1) is 13.1. The Morgan fingerprint density at radius 2 is 1.66 bits per heavy atom. The number of likely N-dealkylation sites (N-methyl/N-ethyl adjacent to an activating group) is 1. The number of carbonyl (C=O) groups excluding carboxylic acids is 1. The summed E-state index contributed by atoms with van der Waals surface area (Å²) in [6, 6.07) is 14.0. The Hall–Kier alpha value is -1.79. The maximum absolute atomic E-state index is 13.1. The molecule has 2 aromatic carbocycles. The van der Waals surface area contributed by atoms with Crippen molar-refractivity contribution in [2.45, 2.75) is 19.4 Å². The average Bonchev–Trinajstić information content (AvgIpc) is 2.70. The smallest absolute Gasteiger partial charge is 0.258 e. The molecule has 0 saturated carbocycles. The lowest BCUT2D eigenvalue weighted by molar-refractivity contribution is 0.0985. The number of piperazine rings is 1. The van der Waals surface area contributed by atoms with Gasteiger partial charge in [-0.2, -0.15) is 0 Å². The van der Waals surface area contributed by atoms with Crippen molar-refractivity contribution in [2.75, 3.05) is 50.4 Å². The number of nitrogens with zero attached hydrogens (tertiary/aromatic N) is 3. The molecule has 0 unspecified atom stereocenters. The summed E-state index contributed by atoms with van der Waals surface area (Å²) in [6.45, 7) is 6.14. The van der Waals surface area contributed by atoms with Crippen LogP contribution in [0.25, 0.3) is 0 Å². The molecule has 2 aromatic rings. The van der Waals surface area contributed by atoms with Gasteiger partial charge in [0.1, 0.15) is 0 Å². The van der Waals surface area contributed by atoms with E-state index in [4.69, 9.17) is 5.73 Å². The number of fused-ring (bicyclic) bond motifs is 1. The molecule has 0 aliphatic carbocycles. The average molecular weight is 437 g/mol. The molecule has 5 nitrogen and oxygen atoms in total. The van der Waals surface area contributed by atoms with Crippen molar-refractivity contribution in [1.82, 2.24) is 9.80 Å². The summed E-state index contributed by atoms with van der Waals surface area (Å²) in [5, 5.41) is 0. The Balaban J connectivity index is 0.00000150. The zero-order valence-corrected chi connectivity index (χ0v) is 18.5. The zero-order chi connectivity index (χ0) is 18.8. The molecule has 158 valence electrons. The number of hydrogen-bond donors (Lipinski definition) is 1. The van der Waals surface area contributed by atoms with E-state index in [0.717, 1.165) is 74.6 Å². The van der Waals surface area contributed by atoms with Gasteiger partial charge in [0.15, 0.2) is 0 Å². The highest BCUT2D eigenvalue weighted by molar-refractivity contribution is 6.07. The summed E-state index contributed by atoms with van der Waals surface area (Å²) in [4.78, 5) is 19.8. The SMILES string of the molecule is CN1CCN(Cc2ccc(C(=O)N3CCCc4c(N)cccc43)cc2)CC1.Cl.Cl. The summed E-state index contributed by atoms with van der Waals surface area (Å²) in [7, 11) is 2.17. The van der Waals surface area contributed by atoms with Crippen molar-refractivity contribution in [2.24, 2.45) is 0 Å². The van der Waals surface area contributed by atoms with E-state index in [1.165, 1.54) is 5.56 Å². The lowest BCUT2D eigenvalue weighted by Gasteiger charge is -2.32. The Bertz CT molecular complexity index is 820. The van der Waals surface area contributed by atoms with Gasteiger partial charge in [0, 0.05) is 56.2 Å². The molecule has 29 heavy (non-hydrogen) atoms. The van der Waals surface area contributed by atoms with Gasteiger partial charge in [-0.1, -0.05) is 18.2 Å². The Morgan fingerprint density at radius 1 is 0.966 bits per heavy atom. The van der Waals surface area contributed by atoms with Crippen LogP contribution in [0.2, 0.25) is 0 Å². The summed E-state index contributed by atoms with van der Waals surface area (Å²) in [6.07, 6.45) is 1.89. The molecule has 1 saturated heterocycles. The Kier molecular flexibility index (Phi) is 8.34. The number of halogens is 2. The molecule has 2 heterocycles. The van der Waals surface area contributed by atoms with Crippen LogP contribution in [0.1, 0.15) is 27.9 Å². The van der Waals surface area contributed by atoms with Gasteiger partial charge in [0.2, 0.25) is 0 Å². The summed E-state index contributed by atoms with van der Waals surface area (Å²) >= 11 is 0. The van der Waals surface area contributed by atoms with Crippen molar-refractivity contribution in [1.29, 1.82) is 0 Å². The fourth-order valence-electron chi connectivity index (χ4n) is 4.04. The second-order valence-corrected chi connectivity index (χ2v) is 7.68. The normalized spacial score (nSPS) is 17.1. The topological polar surface area (TPSA) is 52.8 Å². The maximum atomic E-state index is 13.1. The van der Waals surface area contributed by atoms with Crippen LogP contribution in [0.4, 0.5) is 11.4 Å².